The molecule has 1 heterocycles. The van der Waals surface area contributed by atoms with Crippen LogP contribution in [-0.2, 0) is 24.0 Å². The maximum atomic E-state index is 8.74. The van der Waals surface area contributed by atoms with Crippen LogP contribution in [0.5, 0.6) is 0 Å². The molecule has 1 aromatic carbocycles. The molecule has 0 saturated carbocycles. The van der Waals surface area contributed by atoms with E-state index in [0.717, 1.165) is 0 Å². The summed E-state index contributed by atoms with van der Waals surface area (Å²) in [4.78, 5) is 0. The van der Waals surface area contributed by atoms with Gasteiger partial charge in [-0.3, -0.25) is 9.11 Å². The maximum absolute atomic E-state index is 8.74. The fraction of sp³-hybridized carbons (Fsp3) is 0.200. The van der Waals surface area contributed by atoms with Gasteiger partial charge in [-0.05, 0) is 11.6 Å². The Bertz CT molecular complexity index is 596. The molecular weight excluding hydrogens is 244 g/mol. The van der Waals surface area contributed by atoms with Crippen molar-refractivity contribution in [3.63, 3.8) is 0 Å². The lowest BCUT2D eigenvalue weighted by Gasteiger charge is -1.93. The van der Waals surface area contributed by atoms with Crippen molar-refractivity contribution in [2.24, 2.45) is 12.8 Å². The van der Waals surface area contributed by atoms with E-state index in [-0.39, 0.29) is 0 Å². The van der Waals surface area contributed by atoms with Gasteiger partial charge in [0.1, 0.15) is 0 Å². The van der Waals surface area contributed by atoms with Gasteiger partial charge in [0.05, 0.1) is 0 Å². The Balaban J connectivity index is 0.000000249. The Labute approximate surface area is 99.2 Å². The van der Waals surface area contributed by atoms with E-state index >= 15 is 0 Å². The summed E-state index contributed by atoms with van der Waals surface area (Å²) >= 11 is 0. The number of nitrogens with zero attached hydrogens (tertiary/aromatic N) is 1. The molecule has 0 fully saturated rings. The van der Waals surface area contributed by atoms with Crippen LogP contribution in [0.15, 0.2) is 30.5 Å². The molecular formula is C10H14N2O4S. The molecule has 0 aliphatic rings. The van der Waals surface area contributed by atoms with Gasteiger partial charge in [-0.25, -0.2) is 0 Å². The highest BCUT2D eigenvalue weighted by atomic mass is 32.3. The summed E-state index contributed by atoms with van der Waals surface area (Å²) < 4.78 is 33.7. The first-order chi connectivity index (χ1) is 7.83. The summed E-state index contributed by atoms with van der Waals surface area (Å²) in [6.07, 6.45) is 2.09. The number of nitrogens with two attached hydrogens (primary N) is 1. The lowest BCUT2D eigenvalue weighted by molar-refractivity contribution is 0.381. The molecule has 17 heavy (non-hydrogen) atoms. The zero-order chi connectivity index (χ0) is 13.1. The van der Waals surface area contributed by atoms with Gasteiger partial charge in [-0.15, -0.1) is 0 Å². The van der Waals surface area contributed by atoms with Gasteiger partial charge >= 0.3 is 10.4 Å². The zero-order valence-corrected chi connectivity index (χ0v) is 10.1. The number of hydrogen-bond acceptors (Lipinski definition) is 3. The third-order valence-corrected chi connectivity index (χ3v) is 2.20. The fourth-order valence-electron chi connectivity index (χ4n) is 1.59. The van der Waals surface area contributed by atoms with Crippen LogP contribution in [0.4, 0.5) is 0 Å². The first-order valence-electron chi connectivity index (χ1n) is 4.76. The Morgan fingerprint density at radius 2 is 1.82 bits per heavy atom. The normalized spacial score (nSPS) is 11.1. The number of aryl methyl sites for hydroxylation is 1. The molecule has 0 saturated heterocycles. The molecule has 0 aliphatic heterocycles. The van der Waals surface area contributed by atoms with Crippen LogP contribution in [0, 0.1) is 0 Å². The highest BCUT2D eigenvalue weighted by Crippen LogP contribution is 2.19. The average molecular weight is 258 g/mol. The van der Waals surface area contributed by atoms with Crippen LogP contribution >= 0.6 is 0 Å². The van der Waals surface area contributed by atoms with Crippen molar-refractivity contribution in [3.05, 3.63) is 36.0 Å². The summed E-state index contributed by atoms with van der Waals surface area (Å²) in [5.41, 5.74) is 8.08. The van der Waals surface area contributed by atoms with Crippen molar-refractivity contribution in [1.29, 1.82) is 0 Å². The van der Waals surface area contributed by atoms with E-state index in [9.17, 15) is 0 Å². The monoisotopic (exact) mass is 258 g/mol. The predicted molar refractivity (Wildman–Crippen MR) is 65.0 cm³/mol. The van der Waals surface area contributed by atoms with Crippen LogP contribution in [0.1, 0.15) is 5.56 Å². The summed E-state index contributed by atoms with van der Waals surface area (Å²) in [5, 5.41) is 1.27. The highest BCUT2D eigenvalue weighted by Gasteiger charge is 2.02. The summed E-state index contributed by atoms with van der Waals surface area (Å²) in [6.45, 7) is 0.612. The molecule has 0 atom stereocenters. The first kappa shape index (κ1) is 13.7. The lowest BCUT2D eigenvalue weighted by atomic mass is 10.2. The minimum atomic E-state index is -4.67. The quantitative estimate of drug-likeness (QED) is 0.661. The van der Waals surface area contributed by atoms with Crippen LogP contribution in [0.3, 0.4) is 0 Å². The van der Waals surface area contributed by atoms with Gasteiger partial charge in [0, 0.05) is 30.7 Å². The van der Waals surface area contributed by atoms with Crippen molar-refractivity contribution < 1.29 is 17.5 Å². The second-order valence-electron chi connectivity index (χ2n) is 3.43. The van der Waals surface area contributed by atoms with Gasteiger partial charge in [0.25, 0.3) is 0 Å². The Kier molecular flexibility index (Phi) is 4.24. The minimum absolute atomic E-state index is 0.612. The molecule has 94 valence electrons. The van der Waals surface area contributed by atoms with E-state index in [1.165, 1.54) is 16.5 Å². The van der Waals surface area contributed by atoms with Gasteiger partial charge in [0.2, 0.25) is 0 Å². The largest absolute Gasteiger partial charge is 0.394 e. The average Bonchev–Trinajstić information content (AvgIpc) is 2.54. The zero-order valence-electron chi connectivity index (χ0n) is 9.24. The molecule has 6 nitrogen and oxygen atoms in total. The number of fused-ring (bicyclic) bond motifs is 1. The smallest absolute Gasteiger partial charge is 0.350 e. The van der Waals surface area contributed by atoms with Crippen LogP contribution < -0.4 is 5.73 Å². The van der Waals surface area contributed by atoms with Crippen molar-refractivity contribution in [3.8, 4) is 0 Å². The molecule has 0 spiro atoms. The van der Waals surface area contributed by atoms with Crippen molar-refractivity contribution in [1.82, 2.24) is 4.57 Å². The molecule has 0 aliphatic carbocycles. The Morgan fingerprint density at radius 3 is 2.35 bits per heavy atom. The Hall–Kier alpha value is -1.41. The molecule has 2 aromatic rings. The molecule has 7 heteroatoms. The van der Waals surface area contributed by atoms with E-state index in [2.05, 4.69) is 22.9 Å². The minimum Gasteiger partial charge on any atom is -0.350 e. The molecule has 0 radical (unpaired) electrons. The third-order valence-electron chi connectivity index (χ3n) is 2.20. The third kappa shape index (κ3) is 4.16. The van der Waals surface area contributed by atoms with E-state index in [1.54, 1.807) is 0 Å². The standard InChI is InChI=1S/C10H12N2.H2O4S/c1-12-7-8(6-11)9-4-2-3-5-10(9)12;1-5(2,3)4/h2-5,7H,6,11H2,1H3;(H2,1,2,3,4). The lowest BCUT2D eigenvalue weighted by Crippen LogP contribution is -1.94. The number of rotatable bonds is 1. The number of benzene rings is 1. The SMILES string of the molecule is Cn1cc(CN)c2ccccc21.O=S(=O)(O)O. The van der Waals surface area contributed by atoms with Crippen LogP contribution in [0.2, 0.25) is 0 Å². The van der Waals surface area contributed by atoms with Crippen LogP contribution in [-0.4, -0.2) is 22.1 Å². The van der Waals surface area contributed by atoms with Crippen molar-refractivity contribution in [2.45, 2.75) is 6.54 Å². The van der Waals surface area contributed by atoms with E-state index in [1.807, 2.05) is 19.2 Å². The molecule has 1 aromatic heterocycles. The second kappa shape index (κ2) is 5.28. The van der Waals surface area contributed by atoms with Crippen LogP contribution in [0.25, 0.3) is 10.9 Å². The fourth-order valence-corrected chi connectivity index (χ4v) is 1.59. The highest BCUT2D eigenvalue weighted by molar-refractivity contribution is 7.79. The topological polar surface area (TPSA) is 106 Å². The molecule has 0 unspecified atom stereocenters. The predicted octanol–water partition coefficient (Wildman–Crippen LogP) is 0.984. The van der Waals surface area contributed by atoms with Gasteiger partial charge in [-0.2, -0.15) is 8.42 Å². The molecule has 0 amide bonds. The van der Waals surface area contributed by atoms with E-state index in [4.69, 9.17) is 23.3 Å². The summed E-state index contributed by atoms with van der Waals surface area (Å²) in [7, 11) is -2.62. The number of aromatic nitrogens is 1. The van der Waals surface area contributed by atoms with Crippen molar-refractivity contribution >= 4 is 21.3 Å². The second-order valence-corrected chi connectivity index (χ2v) is 4.33. The van der Waals surface area contributed by atoms with Gasteiger partial charge < -0.3 is 10.3 Å². The summed E-state index contributed by atoms with van der Waals surface area (Å²) in [5.74, 6) is 0. The molecule has 2 rings (SSSR count). The maximum Gasteiger partial charge on any atom is 0.394 e. The van der Waals surface area contributed by atoms with Gasteiger partial charge in [0.15, 0.2) is 0 Å². The molecule has 4 N–H and O–H groups in total. The summed E-state index contributed by atoms with van der Waals surface area (Å²) in [6, 6.07) is 8.30. The van der Waals surface area contributed by atoms with Gasteiger partial charge in [-0.1, -0.05) is 18.2 Å². The van der Waals surface area contributed by atoms with E-state index in [0.29, 0.717) is 6.54 Å². The van der Waals surface area contributed by atoms with E-state index < -0.39 is 10.4 Å². The molecule has 0 bridgehead atoms. The number of hydrogen-bond donors (Lipinski definition) is 3. The Morgan fingerprint density at radius 1 is 1.29 bits per heavy atom. The first-order valence-corrected chi connectivity index (χ1v) is 6.15. The number of para-hydroxylation sites is 1. The van der Waals surface area contributed by atoms with Crippen molar-refractivity contribution in [2.75, 3.05) is 0 Å².